The van der Waals surface area contributed by atoms with Gasteiger partial charge in [-0.25, -0.2) is 4.98 Å². The van der Waals surface area contributed by atoms with Gasteiger partial charge in [0, 0.05) is 32.9 Å². The van der Waals surface area contributed by atoms with Crippen LogP contribution in [0, 0.1) is 0 Å². The third-order valence-electron chi connectivity index (χ3n) is 10.7. The van der Waals surface area contributed by atoms with Crippen LogP contribution in [0.1, 0.15) is 25.0 Å². The number of fused-ring (bicyclic) bond motifs is 6. The Labute approximate surface area is 302 Å². The van der Waals surface area contributed by atoms with Crippen LogP contribution >= 0.6 is 0 Å². The summed E-state index contributed by atoms with van der Waals surface area (Å²) in [6.45, 7) is 4.61. The van der Waals surface area contributed by atoms with Crippen LogP contribution in [0.25, 0.3) is 83.9 Å². The van der Waals surface area contributed by atoms with Gasteiger partial charge in [0.25, 0.3) is 0 Å². The topological polar surface area (TPSA) is 43.6 Å². The SMILES string of the molecule is CC1(C)c2ccccc2-c2ccc(-c3nc(-c4ccccc4)nc(-n4c5ccccc5c5cccc(-c6ccc(-c7ccccc7)cc6)c54)n3)cc21. The van der Waals surface area contributed by atoms with Crippen LogP contribution < -0.4 is 0 Å². The third-order valence-corrected chi connectivity index (χ3v) is 10.7. The molecular formula is C48H34N4. The van der Waals surface area contributed by atoms with Crippen molar-refractivity contribution < 1.29 is 0 Å². The average Bonchev–Trinajstić information content (AvgIpc) is 3.67. The summed E-state index contributed by atoms with van der Waals surface area (Å²) in [4.78, 5) is 15.7. The van der Waals surface area contributed by atoms with Crippen LogP contribution in [0.5, 0.6) is 0 Å². The number of rotatable bonds is 5. The first-order chi connectivity index (χ1) is 25.5. The zero-order valence-corrected chi connectivity index (χ0v) is 29.0. The summed E-state index contributed by atoms with van der Waals surface area (Å²) in [6.07, 6.45) is 0. The summed E-state index contributed by atoms with van der Waals surface area (Å²) < 4.78 is 2.23. The molecular weight excluding hydrogens is 633 g/mol. The van der Waals surface area contributed by atoms with Gasteiger partial charge in [-0.2, -0.15) is 9.97 Å². The van der Waals surface area contributed by atoms with Crippen LogP contribution in [0.3, 0.4) is 0 Å². The second kappa shape index (κ2) is 11.7. The molecule has 0 aliphatic heterocycles. The third kappa shape index (κ3) is 4.72. The maximum atomic E-state index is 5.32. The maximum Gasteiger partial charge on any atom is 0.238 e. The number of aromatic nitrogens is 4. The molecule has 0 saturated heterocycles. The fraction of sp³-hybridized carbons (Fsp3) is 0.0625. The van der Waals surface area contributed by atoms with E-state index < -0.39 is 0 Å². The van der Waals surface area contributed by atoms with Crippen molar-refractivity contribution in [3.8, 4) is 62.1 Å². The van der Waals surface area contributed by atoms with Crippen LogP contribution in [0.4, 0.5) is 0 Å². The van der Waals surface area contributed by atoms with E-state index in [-0.39, 0.29) is 5.41 Å². The van der Waals surface area contributed by atoms with Crippen LogP contribution in [-0.4, -0.2) is 19.5 Å². The predicted octanol–water partition coefficient (Wildman–Crippen LogP) is 11.9. The Morgan fingerprint density at radius 3 is 1.75 bits per heavy atom. The van der Waals surface area contributed by atoms with Crippen molar-refractivity contribution in [1.82, 2.24) is 19.5 Å². The molecule has 9 aromatic rings. The van der Waals surface area contributed by atoms with Gasteiger partial charge in [-0.05, 0) is 51.1 Å². The van der Waals surface area contributed by atoms with Crippen molar-refractivity contribution in [2.75, 3.05) is 0 Å². The van der Waals surface area contributed by atoms with E-state index in [9.17, 15) is 0 Å². The van der Waals surface area contributed by atoms with Crippen LogP contribution in [0.15, 0.2) is 170 Å². The predicted molar refractivity (Wildman–Crippen MR) is 213 cm³/mol. The molecule has 52 heavy (non-hydrogen) atoms. The molecule has 1 aliphatic rings. The van der Waals surface area contributed by atoms with Gasteiger partial charge in [0.05, 0.1) is 11.0 Å². The molecule has 0 fully saturated rings. The molecule has 2 aromatic heterocycles. The lowest BCUT2D eigenvalue weighted by atomic mass is 9.82. The number of nitrogens with zero attached hydrogens (tertiary/aromatic N) is 4. The first-order valence-electron chi connectivity index (χ1n) is 17.8. The van der Waals surface area contributed by atoms with Gasteiger partial charge in [0.2, 0.25) is 5.95 Å². The molecule has 2 heterocycles. The summed E-state index contributed by atoms with van der Waals surface area (Å²) in [5, 5.41) is 2.31. The minimum Gasteiger partial charge on any atom is -0.277 e. The lowest BCUT2D eigenvalue weighted by molar-refractivity contribution is 0.660. The molecule has 0 saturated carbocycles. The normalized spacial score (nSPS) is 13.0. The Morgan fingerprint density at radius 2 is 0.962 bits per heavy atom. The minimum absolute atomic E-state index is 0.141. The van der Waals surface area contributed by atoms with Crippen molar-refractivity contribution in [3.63, 3.8) is 0 Å². The van der Waals surface area contributed by atoms with Crippen LogP contribution in [-0.2, 0) is 5.41 Å². The Hall–Kier alpha value is -6.65. The first kappa shape index (κ1) is 30.2. The van der Waals surface area contributed by atoms with E-state index in [0.29, 0.717) is 17.6 Å². The summed E-state index contributed by atoms with van der Waals surface area (Å²) in [7, 11) is 0. The van der Waals surface area contributed by atoms with E-state index in [1.54, 1.807) is 0 Å². The lowest BCUT2D eigenvalue weighted by Gasteiger charge is -2.21. The van der Waals surface area contributed by atoms with Gasteiger partial charge in [-0.3, -0.25) is 4.57 Å². The van der Waals surface area contributed by atoms with Gasteiger partial charge >= 0.3 is 0 Å². The first-order valence-corrected chi connectivity index (χ1v) is 17.8. The molecule has 0 unspecified atom stereocenters. The van der Waals surface area contributed by atoms with Gasteiger partial charge in [0.1, 0.15) is 0 Å². The minimum atomic E-state index is -0.141. The molecule has 7 aromatic carbocycles. The Morgan fingerprint density at radius 1 is 0.404 bits per heavy atom. The molecule has 0 atom stereocenters. The standard InChI is InChI=1S/C48H34N4/c1-48(2)41-22-11-9-18-37(41)38-29-28-35(30-42(38)48)46-49-45(34-16-7-4-8-17-34)50-47(51-46)52-43-23-12-10-19-39(43)40-21-13-20-36(44(40)52)33-26-24-32(25-27-33)31-14-5-3-6-15-31/h3-30H,1-2H3. The van der Waals surface area contributed by atoms with Crippen LogP contribution in [0.2, 0.25) is 0 Å². The fourth-order valence-corrected chi connectivity index (χ4v) is 8.09. The highest BCUT2D eigenvalue weighted by Gasteiger charge is 2.35. The summed E-state index contributed by atoms with van der Waals surface area (Å²) >= 11 is 0. The largest absolute Gasteiger partial charge is 0.277 e. The maximum absolute atomic E-state index is 5.32. The number of hydrogen-bond donors (Lipinski definition) is 0. The van der Waals surface area contributed by atoms with Crippen molar-refractivity contribution in [1.29, 1.82) is 0 Å². The van der Waals surface area contributed by atoms with Gasteiger partial charge in [0.15, 0.2) is 11.6 Å². The van der Waals surface area contributed by atoms with Crippen molar-refractivity contribution in [2.24, 2.45) is 0 Å². The monoisotopic (exact) mass is 666 g/mol. The molecule has 4 heteroatoms. The van der Waals surface area contributed by atoms with Crippen molar-refractivity contribution in [2.45, 2.75) is 19.3 Å². The number of hydrogen-bond acceptors (Lipinski definition) is 3. The van der Waals surface area contributed by atoms with E-state index in [1.807, 2.05) is 18.2 Å². The second-order valence-corrected chi connectivity index (χ2v) is 14.1. The number of benzene rings is 7. The fourth-order valence-electron chi connectivity index (χ4n) is 8.09. The molecule has 246 valence electrons. The summed E-state index contributed by atoms with van der Waals surface area (Å²) in [5.74, 6) is 1.87. The molecule has 0 N–H and O–H groups in total. The molecule has 4 nitrogen and oxygen atoms in total. The van der Waals surface area contributed by atoms with Gasteiger partial charge < -0.3 is 0 Å². The summed E-state index contributed by atoms with van der Waals surface area (Å²) in [6, 6.07) is 60.1. The molecule has 0 bridgehead atoms. The van der Waals surface area contributed by atoms with E-state index in [0.717, 1.165) is 44.1 Å². The Balaban J connectivity index is 1.21. The smallest absolute Gasteiger partial charge is 0.238 e. The molecule has 0 spiro atoms. The molecule has 1 aliphatic carbocycles. The second-order valence-electron chi connectivity index (χ2n) is 14.1. The number of para-hydroxylation sites is 2. The van der Waals surface area contributed by atoms with Gasteiger partial charge in [-0.15, -0.1) is 0 Å². The zero-order chi connectivity index (χ0) is 34.8. The Bertz CT molecular complexity index is 2800. The highest BCUT2D eigenvalue weighted by atomic mass is 15.2. The van der Waals surface area contributed by atoms with E-state index in [1.165, 1.54) is 33.4 Å². The van der Waals surface area contributed by atoms with Crippen molar-refractivity contribution in [3.05, 3.63) is 181 Å². The van der Waals surface area contributed by atoms with E-state index in [2.05, 4.69) is 170 Å². The van der Waals surface area contributed by atoms with Crippen molar-refractivity contribution >= 4 is 21.8 Å². The van der Waals surface area contributed by atoms with Gasteiger partial charge in [-0.1, -0.05) is 172 Å². The highest BCUT2D eigenvalue weighted by molar-refractivity contribution is 6.13. The summed E-state index contributed by atoms with van der Waals surface area (Å²) in [5.41, 5.74) is 13.7. The van der Waals surface area contributed by atoms with E-state index >= 15 is 0 Å². The molecule has 0 radical (unpaired) electrons. The molecule has 10 rings (SSSR count). The quantitative estimate of drug-likeness (QED) is 0.184. The zero-order valence-electron chi connectivity index (χ0n) is 29.0. The molecule has 0 amide bonds. The lowest BCUT2D eigenvalue weighted by Crippen LogP contribution is -2.15. The Kier molecular flexibility index (Phi) is 6.80. The van der Waals surface area contributed by atoms with E-state index in [4.69, 9.17) is 15.0 Å². The highest BCUT2D eigenvalue weighted by Crippen LogP contribution is 2.49. The average molecular weight is 667 g/mol.